The molecule has 1 saturated heterocycles. The van der Waals surface area contributed by atoms with Gasteiger partial charge in [0.15, 0.2) is 11.1 Å². The standard InChI is InChI=1S/C19H21NO2S/c21-23(22)19-11-10-16-8-4-5-9-17(16)18(19)13-20(14-19)12-15-6-2-1-3-7-15/h1-9,18H,10-14H2,(H,21,22)/t18-,19+/m0/s1. The second kappa shape index (κ2) is 5.86. The van der Waals surface area contributed by atoms with Gasteiger partial charge in [-0.15, -0.1) is 0 Å². The first kappa shape index (κ1) is 15.1. The molecule has 120 valence electrons. The maximum atomic E-state index is 12.3. The zero-order valence-corrected chi connectivity index (χ0v) is 13.8. The third-order valence-corrected chi connectivity index (χ3v) is 6.73. The maximum absolute atomic E-state index is 12.3. The van der Waals surface area contributed by atoms with Crippen LogP contribution in [0.4, 0.5) is 0 Å². The molecule has 1 aliphatic carbocycles. The highest BCUT2D eigenvalue weighted by molar-refractivity contribution is 7.80. The average Bonchev–Trinajstić information content (AvgIpc) is 2.96. The minimum atomic E-state index is -1.81. The third-order valence-electron chi connectivity index (χ3n) is 5.41. The zero-order chi connectivity index (χ0) is 15.9. The van der Waals surface area contributed by atoms with Gasteiger partial charge in [-0.05, 0) is 29.5 Å². The van der Waals surface area contributed by atoms with Crippen molar-refractivity contribution in [2.75, 3.05) is 13.1 Å². The summed E-state index contributed by atoms with van der Waals surface area (Å²) < 4.78 is 21.8. The van der Waals surface area contributed by atoms with E-state index in [0.29, 0.717) is 6.54 Å². The first-order valence-corrected chi connectivity index (χ1v) is 9.25. The van der Waals surface area contributed by atoms with E-state index in [1.54, 1.807) is 0 Å². The lowest BCUT2D eigenvalue weighted by Gasteiger charge is -2.36. The van der Waals surface area contributed by atoms with Gasteiger partial charge in [0.2, 0.25) is 0 Å². The Morgan fingerprint density at radius 1 is 1.13 bits per heavy atom. The van der Waals surface area contributed by atoms with E-state index in [0.717, 1.165) is 25.9 Å². The average molecular weight is 327 g/mol. The molecule has 0 aromatic heterocycles. The van der Waals surface area contributed by atoms with Crippen LogP contribution in [0.25, 0.3) is 0 Å². The van der Waals surface area contributed by atoms with Crippen LogP contribution in [0.1, 0.15) is 29.0 Å². The smallest absolute Gasteiger partial charge is 0.161 e. The first-order valence-electron chi connectivity index (χ1n) is 8.14. The Kier molecular flexibility index (Phi) is 3.84. The summed E-state index contributed by atoms with van der Waals surface area (Å²) in [5.41, 5.74) is 3.88. The number of fused-ring (bicyclic) bond motifs is 3. The molecule has 1 aliphatic heterocycles. The van der Waals surface area contributed by atoms with E-state index in [4.69, 9.17) is 0 Å². The highest BCUT2D eigenvalue weighted by Gasteiger charge is 2.53. The summed E-state index contributed by atoms with van der Waals surface area (Å²) in [6, 6.07) is 18.8. The van der Waals surface area contributed by atoms with Gasteiger partial charge in [0, 0.05) is 25.6 Å². The molecule has 3 atom stereocenters. The van der Waals surface area contributed by atoms with Gasteiger partial charge in [-0.1, -0.05) is 54.6 Å². The van der Waals surface area contributed by atoms with Gasteiger partial charge in [-0.3, -0.25) is 4.90 Å². The summed E-state index contributed by atoms with van der Waals surface area (Å²) in [6.07, 6.45) is 1.70. The highest BCUT2D eigenvalue weighted by Crippen LogP contribution is 2.47. The lowest BCUT2D eigenvalue weighted by Crippen LogP contribution is -2.44. The molecule has 1 unspecified atom stereocenters. The van der Waals surface area contributed by atoms with Crippen molar-refractivity contribution < 1.29 is 8.76 Å². The van der Waals surface area contributed by atoms with Gasteiger partial charge < -0.3 is 4.55 Å². The molecule has 2 aliphatic rings. The van der Waals surface area contributed by atoms with Crippen molar-refractivity contribution in [2.24, 2.45) is 0 Å². The van der Waals surface area contributed by atoms with Gasteiger partial charge in [0.25, 0.3) is 0 Å². The van der Waals surface area contributed by atoms with Crippen molar-refractivity contribution in [2.45, 2.75) is 30.1 Å². The van der Waals surface area contributed by atoms with Gasteiger partial charge in [0.1, 0.15) is 0 Å². The Labute approximate surface area is 139 Å². The lowest BCUT2D eigenvalue weighted by atomic mass is 9.76. The number of likely N-dealkylation sites (tertiary alicyclic amines) is 1. The van der Waals surface area contributed by atoms with Crippen LogP contribution >= 0.6 is 0 Å². The Morgan fingerprint density at radius 3 is 2.65 bits per heavy atom. The largest absolute Gasteiger partial charge is 0.306 e. The minimum Gasteiger partial charge on any atom is -0.306 e. The van der Waals surface area contributed by atoms with Crippen LogP contribution in [0.3, 0.4) is 0 Å². The number of benzene rings is 2. The van der Waals surface area contributed by atoms with Gasteiger partial charge in [0.05, 0.1) is 4.75 Å². The lowest BCUT2D eigenvalue weighted by molar-refractivity contribution is 0.316. The summed E-state index contributed by atoms with van der Waals surface area (Å²) in [4.78, 5) is 2.34. The molecule has 3 nitrogen and oxygen atoms in total. The second-order valence-corrected chi connectivity index (χ2v) is 8.03. The topological polar surface area (TPSA) is 40.5 Å². The van der Waals surface area contributed by atoms with E-state index < -0.39 is 15.8 Å². The van der Waals surface area contributed by atoms with Crippen LogP contribution in [0.5, 0.6) is 0 Å². The molecule has 1 N–H and O–H groups in total. The summed E-state index contributed by atoms with van der Waals surface area (Å²) in [5, 5.41) is 0. The van der Waals surface area contributed by atoms with Crippen molar-refractivity contribution in [1.82, 2.24) is 4.90 Å². The van der Waals surface area contributed by atoms with Crippen molar-refractivity contribution >= 4 is 11.1 Å². The maximum Gasteiger partial charge on any atom is 0.161 e. The highest BCUT2D eigenvalue weighted by atomic mass is 32.2. The van der Waals surface area contributed by atoms with Crippen LogP contribution in [0.15, 0.2) is 54.6 Å². The fourth-order valence-corrected chi connectivity index (χ4v) is 5.30. The molecule has 1 fully saturated rings. The fourth-order valence-electron chi connectivity index (χ4n) is 4.29. The number of aryl methyl sites for hydroxylation is 1. The van der Waals surface area contributed by atoms with Crippen molar-refractivity contribution in [3.05, 3.63) is 71.3 Å². The molecule has 4 heteroatoms. The molecule has 4 rings (SSSR count). The van der Waals surface area contributed by atoms with Gasteiger partial charge in [-0.2, -0.15) is 0 Å². The molecule has 0 radical (unpaired) electrons. The molecule has 2 aromatic rings. The molecule has 1 heterocycles. The SMILES string of the molecule is O=S(O)[C@@]12CCc3ccccc3[C@@H]1CN(Cc1ccccc1)C2. The molecular weight excluding hydrogens is 306 g/mol. The Bertz CT molecular complexity index is 733. The predicted molar refractivity (Wildman–Crippen MR) is 92.7 cm³/mol. The summed E-state index contributed by atoms with van der Waals surface area (Å²) >= 11 is -1.81. The van der Waals surface area contributed by atoms with Crippen LogP contribution in [0, 0.1) is 0 Å². The van der Waals surface area contributed by atoms with Crippen LogP contribution in [0.2, 0.25) is 0 Å². The van der Waals surface area contributed by atoms with Gasteiger partial charge >= 0.3 is 0 Å². The third kappa shape index (κ3) is 2.55. The summed E-state index contributed by atoms with van der Waals surface area (Å²) in [6.45, 7) is 2.40. The van der Waals surface area contributed by atoms with Gasteiger partial charge in [-0.25, -0.2) is 4.21 Å². The number of hydrogen-bond acceptors (Lipinski definition) is 2. The van der Waals surface area contributed by atoms with E-state index in [-0.39, 0.29) is 5.92 Å². The van der Waals surface area contributed by atoms with Crippen LogP contribution in [-0.4, -0.2) is 31.5 Å². The number of hydrogen-bond donors (Lipinski definition) is 1. The number of nitrogens with zero attached hydrogens (tertiary/aromatic N) is 1. The van der Waals surface area contributed by atoms with E-state index in [1.807, 2.05) is 18.2 Å². The fraction of sp³-hybridized carbons (Fsp3) is 0.368. The summed E-state index contributed by atoms with van der Waals surface area (Å²) in [7, 11) is 0. The molecule has 0 spiro atoms. The van der Waals surface area contributed by atoms with Crippen LogP contribution in [-0.2, 0) is 24.0 Å². The molecule has 2 aromatic carbocycles. The molecule has 0 saturated carbocycles. The van der Waals surface area contributed by atoms with E-state index in [1.165, 1.54) is 16.7 Å². The van der Waals surface area contributed by atoms with Crippen molar-refractivity contribution in [3.8, 4) is 0 Å². The van der Waals surface area contributed by atoms with E-state index in [9.17, 15) is 8.76 Å². The zero-order valence-electron chi connectivity index (χ0n) is 13.0. The molecule has 0 amide bonds. The normalized spacial score (nSPS) is 28.1. The van der Waals surface area contributed by atoms with Crippen LogP contribution < -0.4 is 0 Å². The van der Waals surface area contributed by atoms with E-state index in [2.05, 4.69) is 41.3 Å². The quantitative estimate of drug-likeness (QED) is 0.880. The first-order chi connectivity index (χ1) is 11.2. The Morgan fingerprint density at radius 2 is 1.87 bits per heavy atom. The summed E-state index contributed by atoms with van der Waals surface area (Å²) in [5.74, 6) is 0.155. The number of rotatable bonds is 3. The second-order valence-electron chi connectivity index (χ2n) is 6.72. The monoisotopic (exact) mass is 327 g/mol. The van der Waals surface area contributed by atoms with E-state index >= 15 is 0 Å². The molecular formula is C19H21NO2S. The minimum absolute atomic E-state index is 0.155. The molecule has 0 bridgehead atoms. The van der Waals surface area contributed by atoms with Crippen molar-refractivity contribution in [1.29, 1.82) is 0 Å². The predicted octanol–water partition coefficient (Wildman–Crippen LogP) is 3.19. The van der Waals surface area contributed by atoms with Crippen molar-refractivity contribution in [3.63, 3.8) is 0 Å². The Balaban J connectivity index is 1.66. The Hall–Kier alpha value is -1.49. The molecule has 23 heavy (non-hydrogen) atoms.